The van der Waals surface area contributed by atoms with Crippen LogP contribution >= 0.6 is 0 Å². The van der Waals surface area contributed by atoms with Crippen molar-refractivity contribution in [3.05, 3.63) is 35.9 Å². The van der Waals surface area contributed by atoms with Crippen molar-refractivity contribution in [2.75, 3.05) is 13.7 Å². The van der Waals surface area contributed by atoms with E-state index in [1.807, 2.05) is 0 Å². The van der Waals surface area contributed by atoms with E-state index >= 15 is 0 Å². The van der Waals surface area contributed by atoms with Gasteiger partial charge in [0.15, 0.2) is 0 Å². The van der Waals surface area contributed by atoms with Gasteiger partial charge in [0.05, 0.1) is 0 Å². The van der Waals surface area contributed by atoms with Crippen molar-refractivity contribution in [1.82, 2.24) is 5.32 Å². The van der Waals surface area contributed by atoms with Gasteiger partial charge in [-0.25, -0.2) is 0 Å². The quantitative estimate of drug-likeness (QED) is 0.794. The Morgan fingerprint density at radius 2 is 2.00 bits per heavy atom. The first-order chi connectivity index (χ1) is 7.85. The third kappa shape index (κ3) is 2.83. The number of hydrogen-bond acceptors (Lipinski definition) is 2. The predicted molar refractivity (Wildman–Crippen MR) is 66.4 cm³/mol. The molecule has 1 aliphatic rings. The fourth-order valence-electron chi connectivity index (χ4n) is 2.30. The molecule has 88 valence electrons. The molecule has 0 radical (unpaired) electrons. The number of rotatable bonds is 6. The van der Waals surface area contributed by atoms with Crippen molar-refractivity contribution in [3.8, 4) is 0 Å². The average Bonchev–Trinajstić information content (AvgIpc) is 2.29. The van der Waals surface area contributed by atoms with Crippen LogP contribution in [0.25, 0.3) is 0 Å². The largest absolute Gasteiger partial charge is 0.385 e. The maximum atomic E-state index is 5.19. The van der Waals surface area contributed by atoms with Crippen molar-refractivity contribution in [1.29, 1.82) is 0 Å². The molecule has 0 atom stereocenters. The normalized spacial score (nSPS) is 18.1. The van der Waals surface area contributed by atoms with Gasteiger partial charge in [0, 0.05) is 25.8 Å². The van der Waals surface area contributed by atoms with Crippen molar-refractivity contribution in [3.63, 3.8) is 0 Å². The Balaban J connectivity index is 1.83. The van der Waals surface area contributed by atoms with Gasteiger partial charge >= 0.3 is 0 Å². The standard InChI is InChI=1S/C14H21NO/c1-16-11-10-14(8-5-9-14)15-12-13-6-3-2-4-7-13/h2-4,6-7,15H,5,8-12H2,1H3. The topological polar surface area (TPSA) is 21.3 Å². The van der Waals surface area contributed by atoms with Gasteiger partial charge < -0.3 is 10.1 Å². The van der Waals surface area contributed by atoms with Crippen LogP contribution in [0.5, 0.6) is 0 Å². The fourth-order valence-corrected chi connectivity index (χ4v) is 2.30. The van der Waals surface area contributed by atoms with E-state index in [-0.39, 0.29) is 0 Å². The Bertz CT molecular complexity index is 306. The minimum atomic E-state index is 0.353. The Morgan fingerprint density at radius 1 is 1.25 bits per heavy atom. The molecule has 1 aromatic rings. The minimum absolute atomic E-state index is 0.353. The Labute approximate surface area is 98.0 Å². The average molecular weight is 219 g/mol. The van der Waals surface area contributed by atoms with E-state index in [9.17, 15) is 0 Å². The summed E-state index contributed by atoms with van der Waals surface area (Å²) in [5, 5.41) is 3.70. The highest BCUT2D eigenvalue weighted by Crippen LogP contribution is 2.35. The summed E-state index contributed by atoms with van der Waals surface area (Å²) >= 11 is 0. The zero-order chi connectivity index (χ0) is 11.3. The number of hydrogen-bond donors (Lipinski definition) is 1. The molecule has 0 aromatic heterocycles. The van der Waals surface area contributed by atoms with Crippen LogP contribution in [-0.4, -0.2) is 19.3 Å². The molecule has 1 fully saturated rings. The highest BCUT2D eigenvalue weighted by Gasteiger charge is 2.35. The molecule has 2 rings (SSSR count). The third-order valence-corrected chi connectivity index (χ3v) is 3.61. The molecule has 0 aliphatic heterocycles. The first kappa shape index (κ1) is 11.6. The lowest BCUT2D eigenvalue weighted by Crippen LogP contribution is -2.51. The van der Waals surface area contributed by atoms with E-state index in [4.69, 9.17) is 4.74 Å². The maximum Gasteiger partial charge on any atom is 0.0479 e. The Morgan fingerprint density at radius 3 is 2.56 bits per heavy atom. The van der Waals surface area contributed by atoms with Gasteiger partial charge in [-0.1, -0.05) is 30.3 Å². The smallest absolute Gasteiger partial charge is 0.0479 e. The van der Waals surface area contributed by atoms with Gasteiger partial charge in [0.2, 0.25) is 0 Å². The maximum absolute atomic E-state index is 5.19. The van der Waals surface area contributed by atoms with Crippen LogP contribution in [0.4, 0.5) is 0 Å². The second-order valence-electron chi connectivity index (χ2n) is 4.72. The Kier molecular flexibility index (Phi) is 3.97. The molecule has 2 heteroatoms. The van der Waals surface area contributed by atoms with E-state index in [1.54, 1.807) is 7.11 Å². The monoisotopic (exact) mass is 219 g/mol. The molecule has 0 bridgehead atoms. The molecule has 16 heavy (non-hydrogen) atoms. The summed E-state index contributed by atoms with van der Waals surface area (Å²) in [7, 11) is 1.78. The molecule has 1 N–H and O–H groups in total. The molecular formula is C14H21NO. The minimum Gasteiger partial charge on any atom is -0.385 e. The second kappa shape index (κ2) is 5.46. The second-order valence-corrected chi connectivity index (χ2v) is 4.72. The summed E-state index contributed by atoms with van der Waals surface area (Å²) in [6.07, 6.45) is 5.08. The van der Waals surface area contributed by atoms with E-state index in [1.165, 1.54) is 24.8 Å². The van der Waals surface area contributed by atoms with Crippen molar-refractivity contribution < 1.29 is 4.74 Å². The number of nitrogens with one attached hydrogen (secondary N) is 1. The van der Waals surface area contributed by atoms with Gasteiger partial charge in [0.1, 0.15) is 0 Å². The van der Waals surface area contributed by atoms with E-state index in [0.717, 1.165) is 19.6 Å². The number of benzene rings is 1. The van der Waals surface area contributed by atoms with Crippen LogP contribution < -0.4 is 5.32 Å². The van der Waals surface area contributed by atoms with Crippen LogP contribution in [0.3, 0.4) is 0 Å². The van der Waals surface area contributed by atoms with Crippen LogP contribution in [0.15, 0.2) is 30.3 Å². The first-order valence-electron chi connectivity index (χ1n) is 6.13. The third-order valence-electron chi connectivity index (χ3n) is 3.61. The SMILES string of the molecule is COCCC1(NCc2ccccc2)CCC1. The van der Waals surface area contributed by atoms with E-state index in [0.29, 0.717) is 5.54 Å². The predicted octanol–water partition coefficient (Wildman–Crippen LogP) is 2.74. The zero-order valence-corrected chi connectivity index (χ0v) is 10.0. The lowest BCUT2D eigenvalue weighted by molar-refractivity contribution is 0.105. The zero-order valence-electron chi connectivity index (χ0n) is 10.0. The van der Waals surface area contributed by atoms with Gasteiger partial charge in [-0.2, -0.15) is 0 Å². The molecule has 0 unspecified atom stereocenters. The highest BCUT2D eigenvalue weighted by atomic mass is 16.5. The van der Waals surface area contributed by atoms with Gasteiger partial charge in [-0.05, 0) is 31.2 Å². The summed E-state index contributed by atoms with van der Waals surface area (Å²) in [5.74, 6) is 0. The fraction of sp³-hybridized carbons (Fsp3) is 0.571. The van der Waals surface area contributed by atoms with Crippen LogP contribution in [0, 0.1) is 0 Å². The summed E-state index contributed by atoms with van der Waals surface area (Å²) < 4.78 is 5.19. The van der Waals surface area contributed by atoms with Crippen LogP contribution in [-0.2, 0) is 11.3 Å². The van der Waals surface area contributed by atoms with Crippen molar-refractivity contribution >= 4 is 0 Å². The molecule has 0 spiro atoms. The summed E-state index contributed by atoms with van der Waals surface area (Å²) in [6.45, 7) is 1.84. The van der Waals surface area contributed by atoms with Gasteiger partial charge in [-0.15, -0.1) is 0 Å². The molecule has 0 heterocycles. The van der Waals surface area contributed by atoms with E-state index < -0.39 is 0 Å². The lowest BCUT2D eigenvalue weighted by atomic mass is 9.74. The van der Waals surface area contributed by atoms with Crippen molar-refractivity contribution in [2.45, 2.75) is 37.8 Å². The number of ether oxygens (including phenoxy) is 1. The molecule has 0 saturated heterocycles. The lowest BCUT2D eigenvalue weighted by Gasteiger charge is -2.43. The highest BCUT2D eigenvalue weighted by molar-refractivity contribution is 5.15. The molecule has 0 amide bonds. The first-order valence-corrected chi connectivity index (χ1v) is 6.13. The van der Waals surface area contributed by atoms with Crippen molar-refractivity contribution in [2.24, 2.45) is 0 Å². The molecule has 1 aromatic carbocycles. The Hall–Kier alpha value is -0.860. The van der Waals surface area contributed by atoms with E-state index in [2.05, 4.69) is 35.6 Å². The van der Waals surface area contributed by atoms with Gasteiger partial charge in [0.25, 0.3) is 0 Å². The van der Waals surface area contributed by atoms with Crippen LogP contribution in [0.2, 0.25) is 0 Å². The van der Waals surface area contributed by atoms with Gasteiger partial charge in [-0.3, -0.25) is 0 Å². The summed E-state index contributed by atoms with van der Waals surface area (Å²) in [6, 6.07) is 10.6. The molecule has 1 saturated carbocycles. The number of methoxy groups -OCH3 is 1. The summed E-state index contributed by atoms with van der Waals surface area (Å²) in [4.78, 5) is 0. The molecular weight excluding hydrogens is 198 g/mol. The summed E-state index contributed by atoms with van der Waals surface area (Å²) in [5.41, 5.74) is 1.72. The van der Waals surface area contributed by atoms with Crippen LogP contribution in [0.1, 0.15) is 31.2 Å². The molecule has 2 nitrogen and oxygen atoms in total. The molecule has 1 aliphatic carbocycles.